The fourth-order valence-corrected chi connectivity index (χ4v) is 5.98. The molecular formula is C18H34N2. The number of hydrogen-bond acceptors (Lipinski definition) is 2. The molecule has 5 unspecified atom stereocenters. The van der Waals surface area contributed by atoms with E-state index in [-0.39, 0.29) is 0 Å². The zero-order chi connectivity index (χ0) is 14.5. The molecule has 0 aromatic carbocycles. The molecule has 116 valence electrons. The van der Waals surface area contributed by atoms with Crippen molar-refractivity contribution >= 4 is 0 Å². The van der Waals surface area contributed by atoms with Gasteiger partial charge in [-0.05, 0) is 60.9 Å². The van der Waals surface area contributed by atoms with Gasteiger partial charge in [0.1, 0.15) is 0 Å². The Morgan fingerprint density at radius 2 is 1.60 bits per heavy atom. The van der Waals surface area contributed by atoms with E-state index in [0.29, 0.717) is 10.8 Å². The Morgan fingerprint density at radius 1 is 1.00 bits per heavy atom. The van der Waals surface area contributed by atoms with Crippen LogP contribution in [0.5, 0.6) is 0 Å². The van der Waals surface area contributed by atoms with Crippen LogP contribution in [0.15, 0.2) is 0 Å². The van der Waals surface area contributed by atoms with E-state index < -0.39 is 0 Å². The monoisotopic (exact) mass is 278 g/mol. The molecule has 3 aliphatic rings. The third-order valence-electron chi connectivity index (χ3n) is 6.64. The first-order valence-corrected chi connectivity index (χ1v) is 8.78. The average molecular weight is 278 g/mol. The van der Waals surface area contributed by atoms with Crippen LogP contribution in [-0.2, 0) is 0 Å². The highest BCUT2D eigenvalue weighted by molar-refractivity contribution is 5.13. The van der Waals surface area contributed by atoms with Crippen molar-refractivity contribution < 1.29 is 0 Å². The van der Waals surface area contributed by atoms with Crippen molar-refractivity contribution in [2.45, 2.75) is 59.9 Å². The smallest absolute Gasteiger partial charge is 0.0203 e. The Balaban J connectivity index is 1.85. The lowest BCUT2D eigenvalue weighted by molar-refractivity contribution is -0.0144. The lowest BCUT2D eigenvalue weighted by Gasteiger charge is -2.51. The summed E-state index contributed by atoms with van der Waals surface area (Å²) in [5, 5.41) is 3.64. The molecule has 20 heavy (non-hydrogen) atoms. The van der Waals surface area contributed by atoms with Crippen LogP contribution >= 0.6 is 0 Å². The first-order chi connectivity index (χ1) is 9.33. The number of nitrogens with zero attached hydrogens (tertiary/aromatic N) is 1. The van der Waals surface area contributed by atoms with Crippen LogP contribution in [0, 0.1) is 28.6 Å². The Bertz CT molecular complexity index is 348. The van der Waals surface area contributed by atoms with Crippen LogP contribution in [0.1, 0.15) is 53.9 Å². The van der Waals surface area contributed by atoms with Gasteiger partial charge in [0, 0.05) is 19.1 Å². The minimum atomic E-state index is 0.513. The van der Waals surface area contributed by atoms with Crippen molar-refractivity contribution in [3.05, 3.63) is 0 Å². The van der Waals surface area contributed by atoms with Gasteiger partial charge in [0.05, 0.1) is 0 Å². The van der Waals surface area contributed by atoms with Gasteiger partial charge in [-0.3, -0.25) is 4.90 Å². The number of fused-ring (bicyclic) bond motifs is 2. The predicted octanol–water partition coefficient (Wildman–Crippen LogP) is 3.38. The molecule has 2 saturated carbocycles. The second-order valence-corrected chi connectivity index (χ2v) is 9.14. The van der Waals surface area contributed by atoms with E-state index in [1.807, 2.05) is 0 Å². The van der Waals surface area contributed by atoms with Crippen molar-refractivity contribution in [3.8, 4) is 0 Å². The molecule has 3 rings (SSSR count). The van der Waals surface area contributed by atoms with E-state index >= 15 is 0 Å². The molecule has 5 atom stereocenters. The fourth-order valence-electron chi connectivity index (χ4n) is 5.98. The Kier molecular flexibility index (Phi) is 3.70. The summed E-state index contributed by atoms with van der Waals surface area (Å²) in [5.74, 6) is 2.52. The summed E-state index contributed by atoms with van der Waals surface area (Å²) in [7, 11) is 0. The summed E-state index contributed by atoms with van der Waals surface area (Å²) in [4.78, 5) is 2.90. The molecule has 0 aromatic heterocycles. The molecule has 2 nitrogen and oxygen atoms in total. The number of nitrogens with one attached hydrogen (secondary N) is 1. The predicted molar refractivity (Wildman–Crippen MR) is 85.8 cm³/mol. The molecule has 1 aliphatic heterocycles. The molecule has 2 aliphatic carbocycles. The molecule has 1 saturated heterocycles. The molecule has 0 spiro atoms. The maximum absolute atomic E-state index is 3.64. The van der Waals surface area contributed by atoms with Crippen molar-refractivity contribution in [1.29, 1.82) is 0 Å². The standard InChI is InChI=1S/C18H34N2/c1-13-9-19-10-14(2)12-20(11-13)16-17(3,4)15-6-7-18(16,5)8-15/h13-16,19H,6-12H2,1-5H3. The highest BCUT2D eigenvalue weighted by Crippen LogP contribution is 2.64. The third kappa shape index (κ3) is 2.33. The van der Waals surface area contributed by atoms with E-state index in [1.165, 1.54) is 45.4 Å². The van der Waals surface area contributed by atoms with Crippen LogP contribution in [0.2, 0.25) is 0 Å². The van der Waals surface area contributed by atoms with E-state index in [1.54, 1.807) is 0 Å². The van der Waals surface area contributed by atoms with Crippen molar-refractivity contribution in [1.82, 2.24) is 10.2 Å². The van der Waals surface area contributed by atoms with Gasteiger partial charge in [0.2, 0.25) is 0 Å². The first kappa shape index (κ1) is 14.8. The van der Waals surface area contributed by atoms with Crippen molar-refractivity contribution in [2.24, 2.45) is 28.6 Å². The minimum absolute atomic E-state index is 0.513. The van der Waals surface area contributed by atoms with E-state index in [9.17, 15) is 0 Å². The summed E-state index contributed by atoms with van der Waals surface area (Å²) in [6.45, 7) is 17.5. The quantitative estimate of drug-likeness (QED) is 0.791. The summed E-state index contributed by atoms with van der Waals surface area (Å²) in [6, 6.07) is 0.803. The molecule has 0 radical (unpaired) electrons. The molecule has 0 amide bonds. The first-order valence-electron chi connectivity index (χ1n) is 8.78. The SMILES string of the molecule is CC1CNCC(C)CN(C2C3(C)CCC(C3)C2(C)C)C1. The van der Waals surface area contributed by atoms with Gasteiger partial charge in [-0.1, -0.05) is 34.6 Å². The Labute approximate surface area is 125 Å². The molecule has 1 N–H and O–H groups in total. The second kappa shape index (κ2) is 4.98. The lowest BCUT2D eigenvalue weighted by Crippen LogP contribution is -2.56. The maximum Gasteiger partial charge on any atom is 0.0203 e. The lowest BCUT2D eigenvalue weighted by atomic mass is 9.67. The normalized spacial score (nSPS) is 49.0. The number of hydrogen-bond donors (Lipinski definition) is 1. The van der Waals surface area contributed by atoms with Crippen LogP contribution in [-0.4, -0.2) is 37.1 Å². The van der Waals surface area contributed by atoms with Crippen LogP contribution in [0.4, 0.5) is 0 Å². The molecule has 3 fully saturated rings. The highest BCUT2D eigenvalue weighted by Gasteiger charge is 2.60. The zero-order valence-corrected chi connectivity index (χ0v) is 14.2. The van der Waals surface area contributed by atoms with Crippen LogP contribution in [0.25, 0.3) is 0 Å². The van der Waals surface area contributed by atoms with Crippen LogP contribution < -0.4 is 5.32 Å². The van der Waals surface area contributed by atoms with Crippen LogP contribution in [0.3, 0.4) is 0 Å². The highest BCUT2D eigenvalue weighted by atomic mass is 15.2. The molecule has 0 aromatic rings. The van der Waals surface area contributed by atoms with Crippen molar-refractivity contribution in [3.63, 3.8) is 0 Å². The fraction of sp³-hybridized carbons (Fsp3) is 1.00. The largest absolute Gasteiger partial charge is 0.316 e. The second-order valence-electron chi connectivity index (χ2n) is 9.14. The topological polar surface area (TPSA) is 15.3 Å². The zero-order valence-electron chi connectivity index (χ0n) is 14.2. The summed E-state index contributed by atoms with van der Waals surface area (Å²) >= 11 is 0. The van der Waals surface area contributed by atoms with E-state index in [4.69, 9.17) is 0 Å². The van der Waals surface area contributed by atoms with Gasteiger partial charge >= 0.3 is 0 Å². The molecule has 1 heterocycles. The van der Waals surface area contributed by atoms with Gasteiger partial charge in [-0.2, -0.15) is 0 Å². The molecule has 2 heteroatoms. The molecule has 2 bridgehead atoms. The van der Waals surface area contributed by atoms with E-state index in [2.05, 4.69) is 44.8 Å². The average Bonchev–Trinajstić information content (AvgIpc) is 2.77. The summed E-state index contributed by atoms with van der Waals surface area (Å²) in [6.07, 6.45) is 4.41. The molecular weight excluding hydrogens is 244 g/mol. The Hall–Kier alpha value is -0.0800. The van der Waals surface area contributed by atoms with E-state index in [0.717, 1.165) is 23.8 Å². The third-order valence-corrected chi connectivity index (χ3v) is 6.64. The van der Waals surface area contributed by atoms with Gasteiger partial charge in [-0.15, -0.1) is 0 Å². The maximum atomic E-state index is 3.64. The van der Waals surface area contributed by atoms with Gasteiger partial charge < -0.3 is 5.32 Å². The minimum Gasteiger partial charge on any atom is -0.316 e. The Morgan fingerprint density at radius 3 is 2.10 bits per heavy atom. The van der Waals surface area contributed by atoms with Crippen molar-refractivity contribution in [2.75, 3.05) is 26.2 Å². The van der Waals surface area contributed by atoms with Gasteiger partial charge in [-0.25, -0.2) is 0 Å². The van der Waals surface area contributed by atoms with Gasteiger partial charge in [0.15, 0.2) is 0 Å². The number of rotatable bonds is 1. The summed E-state index contributed by atoms with van der Waals surface area (Å²) < 4.78 is 0. The van der Waals surface area contributed by atoms with Gasteiger partial charge in [0.25, 0.3) is 0 Å². The summed E-state index contributed by atoms with van der Waals surface area (Å²) in [5.41, 5.74) is 1.10.